The molecule has 1 N–H and O–H groups in total. The molecule has 0 aliphatic carbocycles. The molecule has 0 unspecified atom stereocenters. The first kappa shape index (κ1) is 7.17. The second-order valence-electron chi connectivity index (χ2n) is 2.88. The number of aromatic nitrogens is 1. The maximum absolute atomic E-state index is 3.05. The van der Waals surface area contributed by atoms with Crippen molar-refractivity contribution in [2.45, 2.75) is 6.92 Å². The molecule has 0 saturated carbocycles. The van der Waals surface area contributed by atoms with Crippen LogP contribution in [-0.4, -0.2) is 4.98 Å². The molecule has 2 rings (SSSR count). The summed E-state index contributed by atoms with van der Waals surface area (Å²) in [5, 5.41) is 0. The standard InChI is InChI=1S/C11H10N/c1-9-4-6-10(7-5-9)11-3-2-8-12-11/h2-7,12H,1H3. The summed E-state index contributed by atoms with van der Waals surface area (Å²) in [6.07, 6.45) is 2.92. The number of rotatable bonds is 1. The lowest BCUT2D eigenvalue weighted by Crippen LogP contribution is -1.76. The minimum absolute atomic E-state index is 1.12. The molecule has 1 aromatic heterocycles. The van der Waals surface area contributed by atoms with Crippen LogP contribution in [0, 0.1) is 13.1 Å². The Bertz CT molecular complexity index is 343. The Hall–Kier alpha value is -1.50. The van der Waals surface area contributed by atoms with E-state index in [4.69, 9.17) is 0 Å². The second-order valence-corrected chi connectivity index (χ2v) is 2.88. The number of aromatic amines is 1. The fourth-order valence-corrected chi connectivity index (χ4v) is 1.19. The van der Waals surface area contributed by atoms with Gasteiger partial charge >= 0.3 is 0 Å². The lowest BCUT2D eigenvalue weighted by Gasteiger charge is -1.97. The van der Waals surface area contributed by atoms with Gasteiger partial charge in [0.2, 0.25) is 0 Å². The van der Waals surface area contributed by atoms with Gasteiger partial charge in [0.05, 0.1) is 6.20 Å². The van der Waals surface area contributed by atoms with E-state index in [1.807, 2.05) is 12.1 Å². The number of H-pyrrole nitrogens is 1. The van der Waals surface area contributed by atoms with Crippen LogP contribution in [0.25, 0.3) is 11.3 Å². The Morgan fingerprint density at radius 1 is 1.08 bits per heavy atom. The summed E-state index contributed by atoms with van der Waals surface area (Å²) in [6, 6.07) is 12.3. The van der Waals surface area contributed by atoms with Crippen molar-refractivity contribution >= 4 is 0 Å². The summed E-state index contributed by atoms with van der Waals surface area (Å²) in [4.78, 5) is 3.05. The van der Waals surface area contributed by atoms with Gasteiger partial charge in [0, 0.05) is 5.69 Å². The van der Waals surface area contributed by atoms with Crippen molar-refractivity contribution in [3.05, 3.63) is 48.2 Å². The summed E-state index contributed by atoms with van der Waals surface area (Å²) in [5.41, 5.74) is 3.62. The second kappa shape index (κ2) is 2.86. The average molecular weight is 156 g/mol. The lowest BCUT2D eigenvalue weighted by molar-refractivity contribution is 1.38. The highest BCUT2D eigenvalue weighted by atomic mass is 14.7. The zero-order chi connectivity index (χ0) is 8.39. The number of hydrogen-bond donors (Lipinski definition) is 1. The van der Waals surface area contributed by atoms with Gasteiger partial charge in [0.25, 0.3) is 0 Å². The van der Waals surface area contributed by atoms with E-state index < -0.39 is 0 Å². The van der Waals surface area contributed by atoms with E-state index in [1.165, 1.54) is 11.1 Å². The molecule has 0 saturated heterocycles. The predicted molar refractivity (Wildman–Crippen MR) is 49.8 cm³/mol. The van der Waals surface area contributed by atoms with Crippen molar-refractivity contribution in [2.24, 2.45) is 0 Å². The van der Waals surface area contributed by atoms with Crippen LogP contribution in [0.3, 0.4) is 0 Å². The Labute approximate surface area is 72.1 Å². The van der Waals surface area contributed by atoms with E-state index >= 15 is 0 Å². The molecule has 0 spiro atoms. The minimum atomic E-state index is 1.12. The Balaban J connectivity index is 2.43. The van der Waals surface area contributed by atoms with Gasteiger partial charge in [0.1, 0.15) is 0 Å². The summed E-state index contributed by atoms with van der Waals surface area (Å²) >= 11 is 0. The Morgan fingerprint density at radius 3 is 2.42 bits per heavy atom. The average Bonchev–Trinajstić information content (AvgIpc) is 2.58. The Kier molecular flexibility index (Phi) is 1.71. The van der Waals surface area contributed by atoms with Gasteiger partial charge in [-0.3, -0.25) is 0 Å². The smallest absolute Gasteiger partial charge is 0.0624 e. The van der Waals surface area contributed by atoms with Crippen LogP contribution >= 0.6 is 0 Å². The number of benzene rings is 1. The van der Waals surface area contributed by atoms with Crippen LogP contribution < -0.4 is 0 Å². The molecule has 0 amide bonds. The van der Waals surface area contributed by atoms with Gasteiger partial charge in [-0.05, 0) is 24.6 Å². The number of aryl methyl sites for hydroxylation is 1. The molecule has 0 fully saturated rings. The molecule has 0 bridgehead atoms. The molecule has 59 valence electrons. The van der Waals surface area contributed by atoms with Crippen molar-refractivity contribution in [2.75, 3.05) is 0 Å². The molecule has 1 aromatic carbocycles. The fraction of sp³-hybridized carbons (Fsp3) is 0.0909. The molecule has 0 aliphatic rings. The van der Waals surface area contributed by atoms with Crippen LogP contribution in [0.15, 0.2) is 36.4 Å². The maximum atomic E-state index is 3.05. The van der Waals surface area contributed by atoms with E-state index in [9.17, 15) is 0 Å². The molecular weight excluding hydrogens is 146 g/mol. The third-order valence-electron chi connectivity index (χ3n) is 1.90. The first-order valence-electron chi connectivity index (χ1n) is 3.98. The molecule has 0 aliphatic heterocycles. The van der Waals surface area contributed by atoms with Gasteiger partial charge < -0.3 is 4.98 Å². The molecule has 2 aromatic rings. The quantitative estimate of drug-likeness (QED) is 0.653. The third kappa shape index (κ3) is 1.26. The topological polar surface area (TPSA) is 15.8 Å². The fourth-order valence-electron chi connectivity index (χ4n) is 1.19. The van der Waals surface area contributed by atoms with Crippen LogP contribution in [0.5, 0.6) is 0 Å². The highest BCUT2D eigenvalue weighted by Gasteiger charge is 1.95. The highest BCUT2D eigenvalue weighted by Crippen LogP contribution is 2.16. The normalized spacial score (nSPS) is 10.1. The summed E-state index contributed by atoms with van der Waals surface area (Å²) < 4.78 is 0. The zero-order valence-corrected chi connectivity index (χ0v) is 6.96. The van der Waals surface area contributed by atoms with Crippen molar-refractivity contribution in [1.82, 2.24) is 4.98 Å². The number of nitrogens with one attached hydrogen (secondary N) is 1. The van der Waals surface area contributed by atoms with Crippen molar-refractivity contribution in [3.63, 3.8) is 0 Å². The first-order valence-corrected chi connectivity index (χ1v) is 3.98. The molecule has 1 radical (unpaired) electrons. The van der Waals surface area contributed by atoms with Crippen LogP contribution in [0.1, 0.15) is 5.56 Å². The van der Waals surface area contributed by atoms with E-state index in [0.29, 0.717) is 0 Å². The third-order valence-corrected chi connectivity index (χ3v) is 1.90. The van der Waals surface area contributed by atoms with Crippen LogP contribution in [0.2, 0.25) is 0 Å². The number of hydrogen-bond acceptors (Lipinski definition) is 0. The van der Waals surface area contributed by atoms with E-state index in [0.717, 1.165) is 5.69 Å². The molecule has 0 atom stereocenters. The summed E-state index contributed by atoms with van der Waals surface area (Å²) in [6.45, 7) is 2.09. The lowest BCUT2D eigenvalue weighted by atomic mass is 10.1. The van der Waals surface area contributed by atoms with Gasteiger partial charge in [-0.2, -0.15) is 0 Å². The van der Waals surface area contributed by atoms with Crippen molar-refractivity contribution in [1.29, 1.82) is 0 Å². The van der Waals surface area contributed by atoms with Crippen LogP contribution in [-0.2, 0) is 0 Å². The summed E-state index contributed by atoms with van der Waals surface area (Å²) in [7, 11) is 0. The monoisotopic (exact) mass is 156 g/mol. The predicted octanol–water partition coefficient (Wildman–Crippen LogP) is 2.79. The minimum Gasteiger partial charge on any atom is -0.353 e. The van der Waals surface area contributed by atoms with E-state index in [2.05, 4.69) is 42.4 Å². The molecule has 1 nitrogen and oxygen atoms in total. The van der Waals surface area contributed by atoms with Crippen LogP contribution in [0.4, 0.5) is 0 Å². The van der Waals surface area contributed by atoms with Crippen molar-refractivity contribution < 1.29 is 0 Å². The van der Waals surface area contributed by atoms with Gasteiger partial charge in [0.15, 0.2) is 0 Å². The zero-order valence-electron chi connectivity index (χ0n) is 6.96. The van der Waals surface area contributed by atoms with Gasteiger partial charge in [-0.25, -0.2) is 0 Å². The molecular formula is C11H10N. The largest absolute Gasteiger partial charge is 0.353 e. The Morgan fingerprint density at radius 2 is 1.83 bits per heavy atom. The summed E-state index contributed by atoms with van der Waals surface area (Å²) in [5.74, 6) is 0. The highest BCUT2D eigenvalue weighted by molar-refractivity contribution is 5.59. The molecule has 1 heterocycles. The maximum Gasteiger partial charge on any atom is 0.0624 e. The van der Waals surface area contributed by atoms with Gasteiger partial charge in [-0.15, -0.1) is 0 Å². The SMILES string of the molecule is Cc1ccc(-c2cc[c][nH]2)cc1. The van der Waals surface area contributed by atoms with E-state index in [1.54, 1.807) is 0 Å². The first-order chi connectivity index (χ1) is 5.86. The molecule has 12 heavy (non-hydrogen) atoms. The molecule has 1 heteroatoms. The van der Waals surface area contributed by atoms with E-state index in [-0.39, 0.29) is 0 Å². The van der Waals surface area contributed by atoms with Crippen molar-refractivity contribution in [3.8, 4) is 11.3 Å². The van der Waals surface area contributed by atoms with Gasteiger partial charge in [-0.1, -0.05) is 29.8 Å².